The van der Waals surface area contributed by atoms with Crippen LogP contribution in [0.15, 0.2) is 84.9 Å². The summed E-state index contributed by atoms with van der Waals surface area (Å²) in [5.41, 5.74) is 20.4. The number of anilines is 2. The van der Waals surface area contributed by atoms with Crippen LogP contribution in [0.5, 0.6) is 11.5 Å². The maximum absolute atomic E-state index is 6.29. The van der Waals surface area contributed by atoms with Gasteiger partial charge in [0.05, 0.1) is 5.41 Å². The average molecular weight is 362 g/mol. The van der Waals surface area contributed by atoms with Crippen LogP contribution in [-0.4, -0.2) is 0 Å². The molecule has 6 rings (SSSR count). The summed E-state index contributed by atoms with van der Waals surface area (Å²) in [6, 6.07) is 29.0. The number of nitrogen functional groups attached to an aromatic ring is 2. The quantitative estimate of drug-likeness (QED) is 0.360. The number of ether oxygens (including phenoxy) is 1. The number of benzene rings is 4. The second kappa shape index (κ2) is 5.17. The topological polar surface area (TPSA) is 61.3 Å². The Bertz CT molecular complexity index is 1180. The molecule has 2 aliphatic rings. The van der Waals surface area contributed by atoms with Gasteiger partial charge in [0.15, 0.2) is 0 Å². The van der Waals surface area contributed by atoms with Crippen LogP contribution < -0.4 is 16.2 Å². The first-order chi connectivity index (χ1) is 13.7. The lowest BCUT2D eigenvalue weighted by Crippen LogP contribution is -2.32. The Kier molecular flexibility index (Phi) is 2.83. The maximum Gasteiger partial charge on any atom is 0.132 e. The second-order valence-corrected chi connectivity index (χ2v) is 7.45. The van der Waals surface area contributed by atoms with E-state index in [4.69, 9.17) is 16.2 Å². The Morgan fingerprint density at radius 3 is 1.50 bits per heavy atom. The van der Waals surface area contributed by atoms with Crippen LogP contribution >= 0.6 is 0 Å². The highest BCUT2D eigenvalue weighted by Crippen LogP contribution is 2.62. The molecule has 0 saturated heterocycles. The molecule has 4 N–H and O–H groups in total. The summed E-state index contributed by atoms with van der Waals surface area (Å²) in [6.07, 6.45) is 0. The summed E-state index contributed by atoms with van der Waals surface area (Å²) in [5, 5.41) is 0. The molecule has 0 saturated carbocycles. The van der Waals surface area contributed by atoms with Gasteiger partial charge in [0, 0.05) is 22.5 Å². The third-order valence-electron chi connectivity index (χ3n) is 5.99. The van der Waals surface area contributed by atoms with Crippen LogP contribution in [0, 0.1) is 0 Å². The number of hydrogen-bond acceptors (Lipinski definition) is 3. The number of rotatable bonds is 0. The van der Waals surface area contributed by atoms with E-state index in [1.165, 1.54) is 11.1 Å². The van der Waals surface area contributed by atoms with Crippen molar-refractivity contribution in [3.63, 3.8) is 0 Å². The van der Waals surface area contributed by atoms with Gasteiger partial charge in [-0.3, -0.25) is 0 Å². The van der Waals surface area contributed by atoms with Crippen LogP contribution in [0.2, 0.25) is 0 Å². The average Bonchev–Trinajstić information content (AvgIpc) is 2.98. The number of para-hydroxylation sites is 2. The molecular formula is C25H18N2O. The molecule has 0 fully saturated rings. The van der Waals surface area contributed by atoms with Gasteiger partial charge in [0.2, 0.25) is 0 Å². The zero-order valence-corrected chi connectivity index (χ0v) is 15.1. The molecule has 1 aliphatic carbocycles. The van der Waals surface area contributed by atoms with E-state index < -0.39 is 5.41 Å². The minimum atomic E-state index is -0.447. The lowest BCUT2D eigenvalue weighted by atomic mass is 9.66. The van der Waals surface area contributed by atoms with Gasteiger partial charge >= 0.3 is 0 Å². The third kappa shape index (κ3) is 1.73. The summed E-state index contributed by atoms with van der Waals surface area (Å²) in [7, 11) is 0. The Morgan fingerprint density at radius 1 is 0.536 bits per heavy atom. The number of hydrogen-bond donors (Lipinski definition) is 2. The molecule has 4 aromatic rings. The Hall–Kier alpha value is -3.72. The van der Waals surface area contributed by atoms with Crippen LogP contribution in [-0.2, 0) is 5.41 Å². The third-order valence-corrected chi connectivity index (χ3v) is 5.99. The van der Waals surface area contributed by atoms with Crippen molar-refractivity contribution in [2.24, 2.45) is 0 Å². The Morgan fingerprint density at radius 2 is 1.00 bits per heavy atom. The van der Waals surface area contributed by atoms with Crippen molar-refractivity contribution in [3.05, 3.63) is 107 Å². The summed E-state index contributed by atoms with van der Waals surface area (Å²) >= 11 is 0. The van der Waals surface area contributed by atoms with Crippen LogP contribution in [0.3, 0.4) is 0 Å². The molecule has 0 radical (unpaired) electrons. The minimum absolute atomic E-state index is 0.447. The van der Waals surface area contributed by atoms with Crippen molar-refractivity contribution < 1.29 is 4.74 Å². The molecule has 1 heterocycles. The SMILES string of the molecule is Nc1ccc2c(c1)-c1cc(N)ccc1C21c2ccccc2Oc2ccccc21. The predicted octanol–water partition coefficient (Wildman–Crippen LogP) is 5.32. The van der Waals surface area contributed by atoms with Crippen molar-refractivity contribution in [2.45, 2.75) is 5.41 Å². The Balaban J connectivity index is 1.85. The molecule has 134 valence electrons. The zero-order chi connectivity index (χ0) is 18.9. The van der Waals surface area contributed by atoms with Gasteiger partial charge in [-0.2, -0.15) is 0 Å². The molecule has 1 spiro atoms. The molecule has 0 bridgehead atoms. The first-order valence-corrected chi connectivity index (χ1v) is 9.37. The van der Waals surface area contributed by atoms with E-state index in [0.717, 1.165) is 45.1 Å². The van der Waals surface area contributed by atoms with Crippen molar-refractivity contribution >= 4 is 11.4 Å². The fourth-order valence-corrected chi connectivity index (χ4v) is 4.94. The van der Waals surface area contributed by atoms with Gasteiger partial charge in [-0.25, -0.2) is 0 Å². The predicted molar refractivity (Wildman–Crippen MR) is 113 cm³/mol. The van der Waals surface area contributed by atoms with Crippen LogP contribution in [0.25, 0.3) is 11.1 Å². The summed E-state index contributed by atoms with van der Waals surface area (Å²) < 4.78 is 6.29. The van der Waals surface area contributed by atoms with E-state index in [1.54, 1.807) is 0 Å². The largest absolute Gasteiger partial charge is 0.457 e. The maximum atomic E-state index is 6.29. The lowest BCUT2D eigenvalue weighted by Gasteiger charge is -2.39. The van der Waals surface area contributed by atoms with Gasteiger partial charge in [0.1, 0.15) is 11.5 Å². The fraction of sp³-hybridized carbons (Fsp3) is 0.0400. The zero-order valence-electron chi connectivity index (χ0n) is 15.1. The van der Waals surface area contributed by atoms with Crippen LogP contribution in [0.1, 0.15) is 22.3 Å². The van der Waals surface area contributed by atoms with Gasteiger partial charge in [-0.05, 0) is 58.7 Å². The highest BCUT2D eigenvalue weighted by atomic mass is 16.5. The Labute approximate surface area is 163 Å². The molecule has 0 atom stereocenters. The highest BCUT2D eigenvalue weighted by molar-refractivity contribution is 5.90. The van der Waals surface area contributed by atoms with E-state index in [9.17, 15) is 0 Å². The highest BCUT2D eigenvalue weighted by Gasteiger charge is 2.50. The molecule has 0 unspecified atom stereocenters. The first-order valence-electron chi connectivity index (χ1n) is 9.37. The number of nitrogens with two attached hydrogens (primary N) is 2. The minimum Gasteiger partial charge on any atom is -0.457 e. The number of fused-ring (bicyclic) bond motifs is 9. The van der Waals surface area contributed by atoms with Crippen molar-refractivity contribution in [1.29, 1.82) is 0 Å². The summed E-state index contributed by atoms with van der Waals surface area (Å²) in [5.74, 6) is 1.77. The van der Waals surface area contributed by atoms with E-state index in [1.807, 2.05) is 36.4 Å². The molecule has 3 nitrogen and oxygen atoms in total. The molecule has 28 heavy (non-hydrogen) atoms. The smallest absolute Gasteiger partial charge is 0.132 e. The van der Waals surface area contributed by atoms with Gasteiger partial charge < -0.3 is 16.2 Å². The second-order valence-electron chi connectivity index (χ2n) is 7.45. The van der Waals surface area contributed by atoms with E-state index in [-0.39, 0.29) is 0 Å². The summed E-state index contributed by atoms with van der Waals surface area (Å²) in [4.78, 5) is 0. The van der Waals surface area contributed by atoms with E-state index in [0.29, 0.717) is 0 Å². The van der Waals surface area contributed by atoms with E-state index >= 15 is 0 Å². The molecule has 3 heteroatoms. The normalized spacial score (nSPS) is 14.6. The lowest BCUT2D eigenvalue weighted by molar-refractivity contribution is 0.436. The molecule has 0 amide bonds. The van der Waals surface area contributed by atoms with Crippen molar-refractivity contribution in [2.75, 3.05) is 11.5 Å². The van der Waals surface area contributed by atoms with Crippen molar-refractivity contribution in [1.82, 2.24) is 0 Å². The van der Waals surface area contributed by atoms with Gasteiger partial charge in [-0.1, -0.05) is 48.5 Å². The molecular weight excluding hydrogens is 344 g/mol. The molecule has 0 aromatic heterocycles. The van der Waals surface area contributed by atoms with Gasteiger partial charge in [-0.15, -0.1) is 0 Å². The van der Waals surface area contributed by atoms with Crippen molar-refractivity contribution in [3.8, 4) is 22.6 Å². The van der Waals surface area contributed by atoms with Gasteiger partial charge in [0.25, 0.3) is 0 Å². The van der Waals surface area contributed by atoms with E-state index in [2.05, 4.69) is 48.5 Å². The fourth-order valence-electron chi connectivity index (χ4n) is 4.94. The molecule has 4 aromatic carbocycles. The molecule has 1 aliphatic heterocycles. The standard InChI is InChI=1S/C25H18N2O/c26-15-9-11-19-17(13-15)18-14-16(27)10-12-20(18)25(19)21-5-1-3-7-23(21)28-24-8-4-2-6-22(24)25/h1-14H,26-27H2. The monoisotopic (exact) mass is 362 g/mol. The van der Waals surface area contributed by atoms with Crippen LogP contribution in [0.4, 0.5) is 11.4 Å². The summed E-state index contributed by atoms with van der Waals surface area (Å²) in [6.45, 7) is 0. The first kappa shape index (κ1) is 15.3.